The molecular formula is C23H17N5O3S. The fourth-order valence-corrected chi connectivity index (χ4v) is 3.60. The number of nitrogens with one attached hydrogen (secondary N) is 1. The minimum atomic E-state index is -0.537. The van der Waals surface area contributed by atoms with Crippen LogP contribution < -0.4 is 5.32 Å². The molecule has 0 atom stereocenters. The summed E-state index contributed by atoms with van der Waals surface area (Å²) in [5.74, 6) is -0.423. The van der Waals surface area contributed by atoms with Crippen molar-refractivity contribution < 1.29 is 9.72 Å². The van der Waals surface area contributed by atoms with Crippen molar-refractivity contribution in [1.29, 1.82) is 0 Å². The molecule has 1 amide bonds. The van der Waals surface area contributed by atoms with Crippen molar-refractivity contribution in [2.75, 3.05) is 11.1 Å². The van der Waals surface area contributed by atoms with Crippen LogP contribution in [0.3, 0.4) is 0 Å². The molecule has 1 aromatic heterocycles. The summed E-state index contributed by atoms with van der Waals surface area (Å²) in [7, 11) is 0. The fraction of sp³-hybridized carbons (Fsp3) is 0.0435. The summed E-state index contributed by atoms with van der Waals surface area (Å²) >= 11 is 1.11. The van der Waals surface area contributed by atoms with Gasteiger partial charge in [-0.25, -0.2) is 4.98 Å². The van der Waals surface area contributed by atoms with Gasteiger partial charge >= 0.3 is 0 Å². The highest BCUT2D eigenvalue weighted by molar-refractivity contribution is 7.99. The number of nitro benzene ring substituents is 1. The van der Waals surface area contributed by atoms with Gasteiger partial charge in [-0.05, 0) is 6.07 Å². The van der Waals surface area contributed by atoms with Crippen molar-refractivity contribution in [2.24, 2.45) is 0 Å². The number of hydrogen-bond donors (Lipinski definition) is 1. The molecule has 9 heteroatoms. The fourth-order valence-electron chi connectivity index (χ4n) is 3.01. The molecule has 0 bridgehead atoms. The SMILES string of the molecule is O=C(CSc1nnc(-c2ccccc2)c(-c2ccccc2)n1)Nc1ccccc1[N+](=O)[O-]. The first-order chi connectivity index (χ1) is 15.6. The molecule has 1 N–H and O–H groups in total. The molecule has 0 aliphatic heterocycles. The van der Waals surface area contributed by atoms with Gasteiger partial charge in [0, 0.05) is 17.2 Å². The van der Waals surface area contributed by atoms with Crippen LogP contribution in [-0.2, 0) is 4.79 Å². The normalized spacial score (nSPS) is 10.5. The van der Waals surface area contributed by atoms with E-state index >= 15 is 0 Å². The predicted octanol–water partition coefficient (Wildman–Crippen LogP) is 4.84. The summed E-state index contributed by atoms with van der Waals surface area (Å²) in [5, 5.41) is 22.6. The third kappa shape index (κ3) is 4.96. The molecule has 4 aromatic rings. The standard InChI is InChI=1S/C23H17N5O3S/c29-20(24-18-13-7-8-14-19(18)28(30)31)15-32-23-25-21(16-9-3-1-4-10-16)22(26-27-23)17-11-5-2-6-12-17/h1-14H,15H2,(H,24,29). The van der Waals surface area contributed by atoms with Gasteiger partial charge in [-0.2, -0.15) is 0 Å². The van der Waals surface area contributed by atoms with Crippen LogP contribution >= 0.6 is 11.8 Å². The molecule has 0 unspecified atom stereocenters. The molecule has 0 saturated carbocycles. The highest BCUT2D eigenvalue weighted by atomic mass is 32.2. The lowest BCUT2D eigenvalue weighted by molar-refractivity contribution is -0.383. The maximum absolute atomic E-state index is 12.4. The Hall–Kier alpha value is -4.11. The van der Waals surface area contributed by atoms with Gasteiger partial charge in [0.1, 0.15) is 17.1 Å². The molecule has 0 aliphatic rings. The van der Waals surface area contributed by atoms with Crippen LogP contribution in [0.15, 0.2) is 90.1 Å². The van der Waals surface area contributed by atoms with E-state index in [1.54, 1.807) is 12.1 Å². The van der Waals surface area contributed by atoms with E-state index in [1.807, 2.05) is 60.7 Å². The lowest BCUT2D eigenvalue weighted by Crippen LogP contribution is -2.15. The van der Waals surface area contributed by atoms with Crippen molar-refractivity contribution >= 4 is 29.0 Å². The van der Waals surface area contributed by atoms with E-state index in [-0.39, 0.29) is 17.1 Å². The lowest BCUT2D eigenvalue weighted by Gasteiger charge is -2.09. The maximum Gasteiger partial charge on any atom is 0.292 e. The molecule has 1 heterocycles. The Morgan fingerprint density at radius 2 is 1.44 bits per heavy atom. The second kappa shape index (κ2) is 9.80. The molecule has 32 heavy (non-hydrogen) atoms. The zero-order chi connectivity index (χ0) is 22.3. The van der Waals surface area contributed by atoms with Crippen LogP contribution in [0, 0.1) is 10.1 Å². The van der Waals surface area contributed by atoms with Gasteiger partial charge in [-0.15, -0.1) is 10.2 Å². The Kier molecular flexibility index (Phi) is 6.47. The number of carbonyl (C=O) groups excluding carboxylic acids is 1. The number of benzene rings is 3. The number of nitro groups is 1. The van der Waals surface area contributed by atoms with Gasteiger partial charge in [-0.3, -0.25) is 14.9 Å². The largest absolute Gasteiger partial charge is 0.320 e. The van der Waals surface area contributed by atoms with Crippen LogP contribution in [0.2, 0.25) is 0 Å². The van der Waals surface area contributed by atoms with Crippen molar-refractivity contribution in [2.45, 2.75) is 5.16 Å². The summed E-state index contributed by atoms with van der Waals surface area (Å²) in [5.41, 5.74) is 3.05. The summed E-state index contributed by atoms with van der Waals surface area (Å²) in [4.78, 5) is 27.6. The van der Waals surface area contributed by atoms with E-state index in [0.29, 0.717) is 16.5 Å². The number of carbonyl (C=O) groups is 1. The molecule has 3 aromatic carbocycles. The quantitative estimate of drug-likeness (QED) is 0.247. The third-order valence-corrected chi connectivity index (χ3v) is 5.31. The smallest absolute Gasteiger partial charge is 0.292 e. The second-order valence-corrected chi connectivity index (χ2v) is 7.58. The van der Waals surface area contributed by atoms with Gasteiger partial charge in [-0.1, -0.05) is 84.6 Å². The van der Waals surface area contributed by atoms with E-state index in [9.17, 15) is 14.9 Å². The molecule has 0 fully saturated rings. The number of amides is 1. The number of para-hydroxylation sites is 2. The first-order valence-corrected chi connectivity index (χ1v) is 10.6. The number of hydrogen-bond acceptors (Lipinski definition) is 7. The Morgan fingerprint density at radius 3 is 2.09 bits per heavy atom. The molecule has 0 spiro atoms. The number of nitrogens with zero attached hydrogens (tertiary/aromatic N) is 4. The minimum Gasteiger partial charge on any atom is -0.320 e. The average molecular weight is 443 g/mol. The number of aromatic nitrogens is 3. The van der Waals surface area contributed by atoms with Crippen LogP contribution in [0.25, 0.3) is 22.5 Å². The zero-order valence-corrected chi connectivity index (χ0v) is 17.5. The van der Waals surface area contributed by atoms with E-state index < -0.39 is 10.8 Å². The highest BCUT2D eigenvalue weighted by Crippen LogP contribution is 2.30. The first kappa shape index (κ1) is 21.1. The summed E-state index contributed by atoms with van der Waals surface area (Å²) in [6.07, 6.45) is 0. The number of thioether (sulfide) groups is 1. The summed E-state index contributed by atoms with van der Waals surface area (Å²) in [6.45, 7) is 0. The predicted molar refractivity (Wildman–Crippen MR) is 123 cm³/mol. The van der Waals surface area contributed by atoms with Crippen molar-refractivity contribution in [1.82, 2.24) is 15.2 Å². The van der Waals surface area contributed by atoms with E-state index in [2.05, 4.69) is 20.5 Å². The number of rotatable bonds is 7. The van der Waals surface area contributed by atoms with Crippen LogP contribution in [0.4, 0.5) is 11.4 Å². The zero-order valence-electron chi connectivity index (χ0n) is 16.7. The summed E-state index contributed by atoms with van der Waals surface area (Å²) in [6, 6.07) is 25.2. The molecule has 0 aliphatic carbocycles. The topological polar surface area (TPSA) is 111 Å². The van der Waals surface area contributed by atoms with E-state index in [4.69, 9.17) is 0 Å². The average Bonchev–Trinajstić information content (AvgIpc) is 2.84. The summed E-state index contributed by atoms with van der Waals surface area (Å²) < 4.78 is 0. The van der Waals surface area contributed by atoms with Crippen LogP contribution in [0.1, 0.15) is 0 Å². The third-order valence-electron chi connectivity index (χ3n) is 4.47. The van der Waals surface area contributed by atoms with Gasteiger partial charge in [0.15, 0.2) is 0 Å². The highest BCUT2D eigenvalue weighted by Gasteiger charge is 2.17. The van der Waals surface area contributed by atoms with Crippen LogP contribution in [-0.4, -0.2) is 31.8 Å². The lowest BCUT2D eigenvalue weighted by atomic mass is 10.0. The minimum absolute atomic E-state index is 0.0212. The van der Waals surface area contributed by atoms with Gasteiger partial charge in [0.05, 0.1) is 10.7 Å². The van der Waals surface area contributed by atoms with Gasteiger partial charge in [0.2, 0.25) is 11.1 Å². The maximum atomic E-state index is 12.4. The van der Waals surface area contributed by atoms with Gasteiger partial charge in [0.25, 0.3) is 5.69 Å². The monoisotopic (exact) mass is 443 g/mol. The molecular weight excluding hydrogens is 426 g/mol. The van der Waals surface area contributed by atoms with Crippen LogP contribution in [0.5, 0.6) is 0 Å². The second-order valence-electron chi connectivity index (χ2n) is 6.63. The molecule has 0 saturated heterocycles. The van der Waals surface area contributed by atoms with Crippen molar-refractivity contribution in [3.63, 3.8) is 0 Å². The van der Waals surface area contributed by atoms with E-state index in [1.165, 1.54) is 12.1 Å². The molecule has 0 radical (unpaired) electrons. The first-order valence-electron chi connectivity index (χ1n) is 9.63. The Balaban J connectivity index is 1.55. The van der Waals surface area contributed by atoms with Crippen molar-refractivity contribution in [3.05, 3.63) is 95.0 Å². The van der Waals surface area contributed by atoms with E-state index in [0.717, 1.165) is 22.9 Å². The Labute approximate surface area is 187 Å². The Bertz CT molecular complexity index is 1250. The molecule has 158 valence electrons. The van der Waals surface area contributed by atoms with Gasteiger partial charge < -0.3 is 5.32 Å². The molecule has 4 rings (SSSR count). The Morgan fingerprint density at radius 1 is 0.844 bits per heavy atom. The van der Waals surface area contributed by atoms with Crippen molar-refractivity contribution in [3.8, 4) is 22.5 Å². The molecule has 8 nitrogen and oxygen atoms in total. The number of anilines is 1.